The fraction of sp³-hybridized carbons (Fsp3) is 0.462. The maximum absolute atomic E-state index is 12.0. The predicted octanol–water partition coefficient (Wildman–Crippen LogP) is 0.711. The van der Waals surface area contributed by atoms with Crippen molar-refractivity contribution in [1.82, 2.24) is 9.88 Å². The molecular formula is C13H17BrN4O2S. The minimum Gasteiger partial charge on any atom is -0.369 e. The third-order valence-corrected chi connectivity index (χ3v) is 4.55. The van der Waals surface area contributed by atoms with Crippen LogP contribution in [0.25, 0.3) is 0 Å². The minimum absolute atomic E-state index is 0.0599. The molecule has 0 bridgehead atoms. The van der Waals surface area contributed by atoms with E-state index in [4.69, 9.17) is 5.73 Å². The first-order chi connectivity index (χ1) is 10.1. The summed E-state index contributed by atoms with van der Waals surface area (Å²) in [6.07, 6.45) is 1.77. The number of thioether (sulfide) groups is 1. The van der Waals surface area contributed by atoms with Crippen molar-refractivity contribution < 1.29 is 9.59 Å². The highest BCUT2D eigenvalue weighted by molar-refractivity contribution is 9.10. The van der Waals surface area contributed by atoms with Crippen molar-refractivity contribution in [3.05, 3.63) is 22.8 Å². The molecule has 0 spiro atoms. The Morgan fingerprint density at radius 3 is 2.52 bits per heavy atom. The van der Waals surface area contributed by atoms with Crippen LogP contribution < -0.4 is 10.6 Å². The highest BCUT2D eigenvalue weighted by Gasteiger charge is 2.21. The topological polar surface area (TPSA) is 79.5 Å². The van der Waals surface area contributed by atoms with Gasteiger partial charge in [0.1, 0.15) is 5.82 Å². The van der Waals surface area contributed by atoms with E-state index in [2.05, 4.69) is 25.8 Å². The third kappa shape index (κ3) is 4.89. The molecule has 2 amide bonds. The lowest BCUT2D eigenvalue weighted by atomic mass is 10.3. The number of hydrogen-bond donors (Lipinski definition) is 1. The van der Waals surface area contributed by atoms with E-state index in [0.717, 1.165) is 23.4 Å². The number of aromatic nitrogens is 1. The van der Waals surface area contributed by atoms with Crippen LogP contribution in [0.3, 0.4) is 0 Å². The summed E-state index contributed by atoms with van der Waals surface area (Å²) in [7, 11) is 0. The van der Waals surface area contributed by atoms with Crippen LogP contribution >= 0.6 is 27.7 Å². The second-order valence-corrected chi connectivity index (χ2v) is 6.56. The molecule has 1 fully saturated rings. The van der Waals surface area contributed by atoms with E-state index in [1.165, 1.54) is 11.8 Å². The SMILES string of the molecule is NC(=O)CSCC(=O)N1CCN(c2ccc(Br)cn2)CC1. The highest BCUT2D eigenvalue weighted by Crippen LogP contribution is 2.16. The quantitative estimate of drug-likeness (QED) is 0.823. The average Bonchev–Trinajstić information content (AvgIpc) is 2.48. The van der Waals surface area contributed by atoms with Gasteiger partial charge in [0, 0.05) is 36.8 Å². The molecule has 2 heterocycles. The van der Waals surface area contributed by atoms with Gasteiger partial charge in [-0.05, 0) is 28.1 Å². The highest BCUT2D eigenvalue weighted by atomic mass is 79.9. The molecule has 1 aromatic heterocycles. The number of carbonyl (C=O) groups excluding carboxylic acids is 2. The number of halogens is 1. The molecule has 0 aromatic carbocycles. The molecule has 21 heavy (non-hydrogen) atoms. The first-order valence-corrected chi connectivity index (χ1v) is 8.51. The molecule has 1 saturated heterocycles. The second-order valence-electron chi connectivity index (χ2n) is 4.66. The molecule has 0 saturated carbocycles. The molecule has 8 heteroatoms. The maximum atomic E-state index is 12.0. The summed E-state index contributed by atoms with van der Waals surface area (Å²) in [5.41, 5.74) is 5.05. The van der Waals surface area contributed by atoms with Gasteiger partial charge in [0.15, 0.2) is 0 Å². The lowest BCUT2D eigenvalue weighted by molar-refractivity contribution is -0.128. The first kappa shape index (κ1) is 16.1. The van der Waals surface area contributed by atoms with Crippen LogP contribution in [0.4, 0.5) is 5.82 Å². The van der Waals surface area contributed by atoms with E-state index in [9.17, 15) is 9.59 Å². The van der Waals surface area contributed by atoms with Crippen molar-refractivity contribution >= 4 is 45.3 Å². The molecule has 0 radical (unpaired) electrons. The van der Waals surface area contributed by atoms with Gasteiger partial charge in [-0.3, -0.25) is 9.59 Å². The van der Waals surface area contributed by atoms with Gasteiger partial charge in [0.25, 0.3) is 0 Å². The van der Waals surface area contributed by atoms with Crippen LogP contribution in [0, 0.1) is 0 Å². The Labute approximate surface area is 136 Å². The van der Waals surface area contributed by atoms with Gasteiger partial charge in [0.05, 0.1) is 11.5 Å². The van der Waals surface area contributed by atoms with Crippen molar-refractivity contribution in [2.45, 2.75) is 0 Å². The Morgan fingerprint density at radius 2 is 1.95 bits per heavy atom. The molecule has 2 rings (SSSR count). The summed E-state index contributed by atoms with van der Waals surface area (Å²) in [5.74, 6) is 1.09. The van der Waals surface area contributed by atoms with Gasteiger partial charge < -0.3 is 15.5 Å². The number of nitrogens with two attached hydrogens (primary N) is 1. The van der Waals surface area contributed by atoms with Crippen molar-refractivity contribution in [3.8, 4) is 0 Å². The number of nitrogens with zero attached hydrogens (tertiary/aromatic N) is 3. The number of pyridine rings is 1. The second kappa shape index (κ2) is 7.65. The third-order valence-electron chi connectivity index (χ3n) is 3.14. The molecule has 0 atom stereocenters. The van der Waals surface area contributed by atoms with Crippen LogP contribution in [-0.2, 0) is 9.59 Å². The summed E-state index contributed by atoms with van der Waals surface area (Å²) < 4.78 is 0.950. The predicted molar refractivity (Wildman–Crippen MR) is 87.2 cm³/mol. The standard InChI is InChI=1S/C13H17BrN4O2S/c14-10-1-2-12(16-7-10)17-3-5-18(6-4-17)13(20)9-21-8-11(15)19/h1-2,7H,3-6,8-9H2,(H2,15,19). The lowest BCUT2D eigenvalue weighted by Crippen LogP contribution is -2.49. The van der Waals surface area contributed by atoms with E-state index in [1.807, 2.05) is 17.0 Å². The molecule has 6 nitrogen and oxygen atoms in total. The van der Waals surface area contributed by atoms with E-state index < -0.39 is 0 Å². The van der Waals surface area contributed by atoms with Gasteiger partial charge in [-0.25, -0.2) is 4.98 Å². The van der Waals surface area contributed by atoms with Gasteiger partial charge in [-0.15, -0.1) is 11.8 Å². The van der Waals surface area contributed by atoms with Crippen molar-refractivity contribution in [2.24, 2.45) is 5.73 Å². The molecular weight excluding hydrogens is 356 g/mol. The number of anilines is 1. The molecule has 114 valence electrons. The number of primary amides is 1. The average molecular weight is 373 g/mol. The van der Waals surface area contributed by atoms with Gasteiger partial charge in [-0.1, -0.05) is 0 Å². The monoisotopic (exact) mass is 372 g/mol. The van der Waals surface area contributed by atoms with Crippen molar-refractivity contribution in [1.29, 1.82) is 0 Å². The zero-order valence-electron chi connectivity index (χ0n) is 11.5. The molecule has 0 aliphatic carbocycles. The van der Waals surface area contributed by atoms with Gasteiger partial charge in [-0.2, -0.15) is 0 Å². The van der Waals surface area contributed by atoms with E-state index in [-0.39, 0.29) is 17.6 Å². The van der Waals surface area contributed by atoms with Crippen LogP contribution in [0.1, 0.15) is 0 Å². The summed E-state index contributed by atoms with van der Waals surface area (Å²) in [6, 6.07) is 3.92. The van der Waals surface area contributed by atoms with Gasteiger partial charge in [0.2, 0.25) is 11.8 Å². The Bertz CT molecular complexity index is 503. The van der Waals surface area contributed by atoms with E-state index >= 15 is 0 Å². The van der Waals surface area contributed by atoms with Crippen LogP contribution in [0.15, 0.2) is 22.8 Å². The Morgan fingerprint density at radius 1 is 1.24 bits per heavy atom. The number of piperazine rings is 1. The number of rotatable bonds is 5. The molecule has 0 unspecified atom stereocenters. The fourth-order valence-corrected chi connectivity index (χ4v) is 2.97. The van der Waals surface area contributed by atoms with E-state index in [1.54, 1.807) is 6.20 Å². The molecule has 1 aliphatic heterocycles. The Kier molecular flexibility index (Phi) is 5.86. The van der Waals surface area contributed by atoms with Crippen LogP contribution in [-0.4, -0.2) is 59.4 Å². The zero-order chi connectivity index (χ0) is 15.2. The van der Waals surface area contributed by atoms with Crippen molar-refractivity contribution in [2.75, 3.05) is 42.6 Å². The normalized spacial score (nSPS) is 15.1. The molecule has 2 N–H and O–H groups in total. The zero-order valence-corrected chi connectivity index (χ0v) is 13.9. The maximum Gasteiger partial charge on any atom is 0.232 e. The number of amides is 2. The fourth-order valence-electron chi connectivity index (χ4n) is 2.07. The number of hydrogen-bond acceptors (Lipinski definition) is 5. The van der Waals surface area contributed by atoms with E-state index in [0.29, 0.717) is 18.8 Å². The first-order valence-electron chi connectivity index (χ1n) is 6.56. The summed E-state index contributed by atoms with van der Waals surface area (Å²) >= 11 is 4.63. The van der Waals surface area contributed by atoms with Crippen molar-refractivity contribution in [3.63, 3.8) is 0 Å². The summed E-state index contributed by atoms with van der Waals surface area (Å²) in [4.78, 5) is 31.0. The van der Waals surface area contributed by atoms with Crippen LogP contribution in [0.5, 0.6) is 0 Å². The molecule has 1 aliphatic rings. The largest absolute Gasteiger partial charge is 0.369 e. The van der Waals surface area contributed by atoms with Crippen LogP contribution in [0.2, 0.25) is 0 Å². The smallest absolute Gasteiger partial charge is 0.232 e. The summed E-state index contributed by atoms with van der Waals surface area (Å²) in [6.45, 7) is 2.88. The Balaban J connectivity index is 1.78. The molecule has 1 aromatic rings. The minimum atomic E-state index is -0.390. The summed E-state index contributed by atoms with van der Waals surface area (Å²) in [5, 5.41) is 0. The van der Waals surface area contributed by atoms with Gasteiger partial charge >= 0.3 is 0 Å². The Hall–Kier alpha value is -1.28. The lowest BCUT2D eigenvalue weighted by Gasteiger charge is -2.35. The number of carbonyl (C=O) groups is 2.